The molecule has 5 nitrogen and oxygen atoms in total. The predicted octanol–water partition coefficient (Wildman–Crippen LogP) is 1.93. The largest absolute Gasteiger partial charge is 0.350 e. The summed E-state index contributed by atoms with van der Waals surface area (Å²) in [5.41, 5.74) is 0.622. The molecule has 0 bridgehead atoms. The lowest BCUT2D eigenvalue weighted by molar-refractivity contribution is -0.129. The number of amides is 1. The van der Waals surface area contributed by atoms with Gasteiger partial charge in [-0.1, -0.05) is 0 Å². The van der Waals surface area contributed by atoms with Crippen LogP contribution < -0.4 is 4.90 Å². The van der Waals surface area contributed by atoms with E-state index in [1.165, 1.54) is 0 Å². The summed E-state index contributed by atoms with van der Waals surface area (Å²) in [6, 6.07) is 6.40. The molecule has 110 valence electrons. The highest BCUT2D eigenvalue weighted by Crippen LogP contribution is 2.33. The molecule has 1 aromatic heterocycles. The normalized spacial score (nSPS) is 25.1. The summed E-state index contributed by atoms with van der Waals surface area (Å²) in [5, 5.41) is 9.29. The molecule has 0 radical (unpaired) electrons. The van der Waals surface area contributed by atoms with E-state index < -0.39 is 0 Å². The number of carbonyl (C=O) groups excluding carboxylic acids is 1. The number of nitrogens with zero attached hydrogens (tertiary/aromatic N) is 4. The van der Waals surface area contributed by atoms with Gasteiger partial charge in [0.1, 0.15) is 11.9 Å². The molecule has 2 fully saturated rings. The molecule has 5 heteroatoms. The molecule has 21 heavy (non-hydrogen) atoms. The van der Waals surface area contributed by atoms with Gasteiger partial charge in [0.15, 0.2) is 0 Å². The van der Waals surface area contributed by atoms with E-state index in [-0.39, 0.29) is 11.9 Å². The van der Waals surface area contributed by atoms with E-state index in [9.17, 15) is 10.1 Å². The van der Waals surface area contributed by atoms with Crippen molar-refractivity contribution in [2.45, 2.75) is 44.7 Å². The maximum absolute atomic E-state index is 11.8. The first-order valence-corrected chi connectivity index (χ1v) is 7.61. The zero-order chi connectivity index (χ0) is 14.8. The van der Waals surface area contributed by atoms with Gasteiger partial charge in [-0.15, -0.1) is 0 Å². The molecule has 0 aromatic carbocycles. The van der Waals surface area contributed by atoms with Crippen LogP contribution in [0.15, 0.2) is 18.3 Å². The van der Waals surface area contributed by atoms with Gasteiger partial charge in [0, 0.05) is 26.2 Å². The van der Waals surface area contributed by atoms with Crippen LogP contribution in [0.25, 0.3) is 0 Å². The summed E-state index contributed by atoms with van der Waals surface area (Å²) in [6.07, 6.45) is 6.02. The van der Waals surface area contributed by atoms with Gasteiger partial charge in [0.25, 0.3) is 0 Å². The van der Waals surface area contributed by atoms with Crippen molar-refractivity contribution < 1.29 is 4.79 Å². The molecule has 0 N–H and O–H groups in total. The molecule has 0 aliphatic carbocycles. The molecular formula is C16H20N4O. The number of rotatable bonds is 2. The molecule has 2 saturated heterocycles. The SMILES string of the molecule is CC(=O)N1CCC[C@@H]1[C@H]1CCCN1c1ncccc1C#N. The Kier molecular flexibility index (Phi) is 3.78. The van der Waals surface area contributed by atoms with Gasteiger partial charge < -0.3 is 9.80 Å². The van der Waals surface area contributed by atoms with E-state index in [2.05, 4.69) is 16.0 Å². The van der Waals surface area contributed by atoms with Crippen LogP contribution >= 0.6 is 0 Å². The van der Waals surface area contributed by atoms with Crippen LogP contribution in [0.5, 0.6) is 0 Å². The fourth-order valence-corrected chi connectivity index (χ4v) is 3.75. The highest BCUT2D eigenvalue weighted by molar-refractivity contribution is 5.74. The molecule has 3 rings (SSSR count). The minimum Gasteiger partial charge on any atom is -0.350 e. The molecule has 2 aliphatic heterocycles. The van der Waals surface area contributed by atoms with Crippen molar-refractivity contribution >= 4 is 11.7 Å². The second kappa shape index (κ2) is 5.72. The number of aromatic nitrogens is 1. The highest BCUT2D eigenvalue weighted by Gasteiger charge is 2.39. The number of likely N-dealkylation sites (tertiary alicyclic amines) is 1. The van der Waals surface area contributed by atoms with E-state index in [0.717, 1.165) is 44.6 Å². The fourth-order valence-electron chi connectivity index (χ4n) is 3.75. The van der Waals surface area contributed by atoms with Gasteiger partial charge in [0.2, 0.25) is 5.91 Å². The van der Waals surface area contributed by atoms with Gasteiger partial charge in [-0.05, 0) is 37.8 Å². The molecule has 3 heterocycles. The lowest BCUT2D eigenvalue weighted by Gasteiger charge is -2.35. The lowest BCUT2D eigenvalue weighted by Crippen LogP contribution is -2.48. The van der Waals surface area contributed by atoms with Crippen LogP contribution in [-0.2, 0) is 4.79 Å². The van der Waals surface area contributed by atoms with Crippen molar-refractivity contribution in [2.75, 3.05) is 18.0 Å². The minimum atomic E-state index is 0.158. The van der Waals surface area contributed by atoms with Gasteiger partial charge in [-0.3, -0.25) is 4.79 Å². The Bertz CT molecular complexity index is 580. The van der Waals surface area contributed by atoms with Crippen LogP contribution in [0, 0.1) is 11.3 Å². The van der Waals surface area contributed by atoms with Crippen LogP contribution in [0.4, 0.5) is 5.82 Å². The molecule has 1 amide bonds. The third kappa shape index (κ3) is 2.46. The summed E-state index contributed by atoms with van der Waals surface area (Å²) in [7, 11) is 0. The summed E-state index contributed by atoms with van der Waals surface area (Å²) in [6.45, 7) is 3.43. The van der Waals surface area contributed by atoms with E-state index >= 15 is 0 Å². The third-order valence-corrected chi connectivity index (χ3v) is 4.63. The molecule has 0 spiro atoms. The first-order valence-electron chi connectivity index (χ1n) is 7.61. The fraction of sp³-hybridized carbons (Fsp3) is 0.562. The Morgan fingerprint density at radius 1 is 1.33 bits per heavy atom. The molecule has 0 unspecified atom stereocenters. The van der Waals surface area contributed by atoms with E-state index in [1.54, 1.807) is 19.2 Å². The smallest absolute Gasteiger partial charge is 0.219 e. The van der Waals surface area contributed by atoms with Crippen LogP contribution in [0.1, 0.15) is 38.2 Å². The van der Waals surface area contributed by atoms with Crippen molar-refractivity contribution in [2.24, 2.45) is 0 Å². The Labute approximate surface area is 125 Å². The molecular weight excluding hydrogens is 264 g/mol. The number of hydrogen-bond donors (Lipinski definition) is 0. The average Bonchev–Trinajstić information content (AvgIpc) is 3.15. The van der Waals surface area contributed by atoms with Crippen molar-refractivity contribution in [1.29, 1.82) is 5.26 Å². The van der Waals surface area contributed by atoms with E-state index in [4.69, 9.17) is 0 Å². The summed E-state index contributed by atoms with van der Waals surface area (Å²) < 4.78 is 0. The lowest BCUT2D eigenvalue weighted by atomic mass is 10.0. The molecule has 1 aromatic rings. The Morgan fingerprint density at radius 2 is 2.10 bits per heavy atom. The van der Waals surface area contributed by atoms with Crippen molar-refractivity contribution in [3.05, 3.63) is 23.9 Å². The van der Waals surface area contributed by atoms with Crippen molar-refractivity contribution in [3.8, 4) is 6.07 Å². The summed E-state index contributed by atoms with van der Waals surface area (Å²) >= 11 is 0. The third-order valence-electron chi connectivity index (χ3n) is 4.63. The van der Waals surface area contributed by atoms with Crippen LogP contribution in [0.2, 0.25) is 0 Å². The molecule has 0 saturated carbocycles. The summed E-state index contributed by atoms with van der Waals surface area (Å²) in [4.78, 5) is 20.5. The predicted molar refractivity (Wildman–Crippen MR) is 79.7 cm³/mol. The van der Waals surface area contributed by atoms with Crippen LogP contribution in [-0.4, -0.2) is 41.0 Å². The van der Waals surface area contributed by atoms with Gasteiger partial charge >= 0.3 is 0 Å². The van der Waals surface area contributed by atoms with E-state index in [1.807, 2.05) is 11.0 Å². The van der Waals surface area contributed by atoms with Crippen LogP contribution in [0.3, 0.4) is 0 Å². The average molecular weight is 284 g/mol. The van der Waals surface area contributed by atoms with Crippen molar-refractivity contribution in [1.82, 2.24) is 9.88 Å². The monoisotopic (exact) mass is 284 g/mol. The highest BCUT2D eigenvalue weighted by atomic mass is 16.2. The number of nitriles is 1. The zero-order valence-corrected chi connectivity index (χ0v) is 12.3. The number of hydrogen-bond acceptors (Lipinski definition) is 4. The number of carbonyl (C=O) groups is 1. The van der Waals surface area contributed by atoms with Gasteiger partial charge in [-0.25, -0.2) is 4.98 Å². The maximum atomic E-state index is 11.8. The quantitative estimate of drug-likeness (QED) is 0.832. The number of anilines is 1. The van der Waals surface area contributed by atoms with Crippen molar-refractivity contribution in [3.63, 3.8) is 0 Å². The topological polar surface area (TPSA) is 60.2 Å². The van der Waals surface area contributed by atoms with Gasteiger partial charge in [-0.2, -0.15) is 5.26 Å². The Morgan fingerprint density at radius 3 is 2.86 bits per heavy atom. The van der Waals surface area contributed by atoms with Gasteiger partial charge in [0.05, 0.1) is 17.6 Å². The number of pyridine rings is 1. The second-order valence-electron chi connectivity index (χ2n) is 5.81. The first kappa shape index (κ1) is 13.9. The van der Waals surface area contributed by atoms with E-state index in [0.29, 0.717) is 11.6 Å². The summed E-state index contributed by atoms with van der Waals surface area (Å²) in [5.74, 6) is 0.934. The standard InChI is InChI=1S/C16H20N4O/c1-12(21)19-9-3-6-14(19)15-7-4-10-20(15)16-13(11-17)5-2-8-18-16/h2,5,8,14-15H,3-4,6-7,9-10H2,1H3/t14-,15-/m1/s1. The minimum absolute atomic E-state index is 0.158. The zero-order valence-electron chi connectivity index (χ0n) is 12.3. The first-order chi connectivity index (χ1) is 10.2. The second-order valence-corrected chi connectivity index (χ2v) is 5.81. The maximum Gasteiger partial charge on any atom is 0.219 e. The molecule has 2 aliphatic rings. The Balaban J connectivity index is 1.89. The molecule has 2 atom stereocenters. The Hall–Kier alpha value is -2.09.